The third-order valence-corrected chi connectivity index (χ3v) is 7.58. The van der Waals surface area contributed by atoms with Crippen LogP contribution in [0.3, 0.4) is 0 Å². The van der Waals surface area contributed by atoms with Gasteiger partial charge in [-0.1, -0.05) is 12.1 Å². The Bertz CT molecular complexity index is 898. The van der Waals surface area contributed by atoms with Gasteiger partial charge in [0.15, 0.2) is 0 Å². The number of non-ortho nitro benzene ring substituents is 1. The van der Waals surface area contributed by atoms with Gasteiger partial charge in [0.2, 0.25) is 11.8 Å². The average molecular weight is 488 g/mol. The van der Waals surface area contributed by atoms with Gasteiger partial charge in [0.05, 0.1) is 4.92 Å². The molecule has 1 unspecified atom stereocenters. The molecule has 3 aliphatic rings. The van der Waals surface area contributed by atoms with Gasteiger partial charge in [-0.05, 0) is 56.9 Å². The minimum absolute atomic E-state index is 0.0398. The quantitative estimate of drug-likeness (QED) is 0.402. The summed E-state index contributed by atoms with van der Waals surface area (Å²) in [6.07, 6.45) is 7.08. The lowest BCUT2D eigenvalue weighted by molar-refractivity contribution is -0.384. The van der Waals surface area contributed by atoms with E-state index >= 15 is 0 Å². The van der Waals surface area contributed by atoms with Gasteiger partial charge in [0.25, 0.3) is 5.69 Å². The number of nitrogens with one attached hydrogen (secondary N) is 1. The number of benzene rings is 1. The van der Waals surface area contributed by atoms with Crippen molar-refractivity contribution in [2.45, 2.75) is 88.1 Å². The molecule has 1 heterocycles. The highest BCUT2D eigenvalue weighted by Crippen LogP contribution is 2.35. The molecule has 1 saturated heterocycles. The van der Waals surface area contributed by atoms with E-state index in [-0.39, 0.29) is 42.2 Å². The molecule has 3 N–H and O–H groups in total. The maximum absolute atomic E-state index is 13.4. The second-order valence-electron chi connectivity index (χ2n) is 10.2. The fraction of sp³-hybridized carbons (Fsp3) is 0.680. The number of nitro benzene ring substituents is 1. The van der Waals surface area contributed by atoms with Gasteiger partial charge in [-0.25, -0.2) is 0 Å². The Morgan fingerprint density at radius 3 is 2.40 bits per heavy atom. The molecule has 1 aliphatic heterocycles. The first kappa shape index (κ1) is 25.5. The van der Waals surface area contributed by atoms with Crippen molar-refractivity contribution in [3.8, 4) is 0 Å². The van der Waals surface area contributed by atoms with E-state index in [0.29, 0.717) is 25.6 Å². The van der Waals surface area contributed by atoms with E-state index in [2.05, 4.69) is 10.2 Å². The van der Waals surface area contributed by atoms with E-state index in [1.54, 1.807) is 17.0 Å². The molecule has 35 heavy (non-hydrogen) atoms. The number of methoxy groups -OCH3 is 1. The lowest BCUT2D eigenvalue weighted by atomic mass is 9.90. The Morgan fingerprint density at radius 2 is 1.80 bits per heavy atom. The van der Waals surface area contributed by atoms with Crippen molar-refractivity contribution in [1.29, 1.82) is 0 Å². The number of nitrogens with zero attached hydrogens (tertiary/aromatic N) is 3. The number of piperidine rings is 1. The topological polar surface area (TPSA) is 131 Å². The van der Waals surface area contributed by atoms with E-state index in [1.807, 2.05) is 12.1 Å². The first-order chi connectivity index (χ1) is 16.9. The van der Waals surface area contributed by atoms with E-state index in [9.17, 15) is 19.7 Å². The van der Waals surface area contributed by atoms with Gasteiger partial charge < -0.3 is 20.7 Å². The summed E-state index contributed by atoms with van der Waals surface area (Å²) < 4.78 is 5.08. The molecule has 0 aromatic heterocycles. The van der Waals surface area contributed by atoms with Crippen molar-refractivity contribution in [1.82, 2.24) is 15.1 Å². The standard InChI is InChI=1S/C25H37N5O5/c1-35-16-24(31)28-13-12-22(14-23(28)25(32)27-19-6-4-18(26)5-7-19)29(20-10-11-20)15-17-2-8-21(9-3-17)30(33)34/h2-3,8-9,18-20,22-23H,4-7,10-16,26H2,1H3,(H,27,32)/t18?,19?,22?,23-/m1/s1. The molecule has 4 rings (SSSR count). The Kier molecular flexibility index (Phi) is 8.35. The van der Waals surface area contributed by atoms with Gasteiger partial charge in [-0.15, -0.1) is 0 Å². The molecular weight excluding hydrogens is 450 g/mol. The number of nitro groups is 1. The number of hydrogen-bond acceptors (Lipinski definition) is 7. The van der Waals surface area contributed by atoms with Crippen LogP contribution in [0.25, 0.3) is 0 Å². The highest BCUT2D eigenvalue weighted by Gasteiger charge is 2.42. The molecule has 3 fully saturated rings. The summed E-state index contributed by atoms with van der Waals surface area (Å²) in [5.74, 6) is -0.254. The van der Waals surface area contributed by atoms with Gasteiger partial charge >= 0.3 is 0 Å². The summed E-state index contributed by atoms with van der Waals surface area (Å²) in [6.45, 7) is 1.14. The van der Waals surface area contributed by atoms with Crippen LogP contribution in [-0.2, 0) is 20.9 Å². The van der Waals surface area contributed by atoms with Crippen molar-refractivity contribution in [2.24, 2.45) is 5.73 Å². The van der Waals surface area contributed by atoms with Gasteiger partial charge in [0, 0.05) is 56.5 Å². The van der Waals surface area contributed by atoms with Crippen LogP contribution in [0.4, 0.5) is 5.69 Å². The van der Waals surface area contributed by atoms with Crippen molar-refractivity contribution in [3.63, 3.8) is 0 Å². The number of likely N-dealkylation sites (tertiary alicyclic amines) is 1. The SMILES string of the molecule is COCC(=O)N1CCC(N(Cc2ccc([N+](=O)[O-])cc2)C2CC2)C[C@@H]1C(=O)NC1CCC(N)CC1. The Balaban J connectivity index is 1.46. The van der Waals surface area contributed by atoms with Gasteiger partial charge in [-0.2, -0.15) is 0 Å². The highest BCUT2D eigenvalue weighted by atomic mass is 16.6. The Morgan fingerprint density at radius 1 is 1.11 bits per heavy atom. The van der Waals surface area contributed by atoms with E-state index in [1.165, 1.54) is 7.11 Å². The van der Waals surface area contributed by atoms with E-state index in [0.717, 1.165) is 50.5 Å². The fourth-order valence-electron chi connectivity index (χ4n) is 5.46. The zero-order chi connectivity index (χ0) is 24.9. The number of carbonyl (C=O) groups excluding carboxylic acids is 2. The van der Waals surface area contributed by atoms with Crippen LogP contribution in [0.5, 0.6) is 0 Å². The number of ether oxygens (including phenoxy) is 1. The first-order valence-electron chi connectivity index (χ1n) is 12.7. The maximum atomic E-state index is 13.4. The molecule has 10 nitrogen and oxygen atoms in total. The molecule has 192 valence electrons. The smallest absolute Gasteiger partial charge is 0.269 e. The number of nitrogens with two attached hydrogens (primary N) is 1. The number of hydrogen-bond donors (Lipinski definition) is 2. The molecule has 1 aromatic rings. The Labute approximate surface area is 206 Å². The molecule has 2 saturated carbocycles. The lowest BCUT2D eigenvalue weighted by Gasteiger charge is -2.43. The maximum Gasteiger partial charge on any atom is 0.269 e. The third-order valence-electron chi connectivity index (χ3n) is 7.58. The highest BCUT2D eigenvalue weighted by molar-refractivity contribution is 5.88. The minimum atomic E-state index is -0.537. The van der Waals surface area contributed by atoms with Crippen LogP contribution in [0.1, 0.15) is 56.9 Å². The number of carbonyl (C=O) groups is 2. The largest absolute Gasteiger partial charge is 0.375 e. The second-order valence-corrected chi connectivity index (χ2v) is 10.2. The molecule has 2 aliphatic carbocycles. The summed E-state index contributed by atoms with van der Waals surface area (Å²) >= 11 is 0. The molecule has 0 bridgehead atoms. The van der Waals surface area contributed by atoms with Crippen LogP contribution in [0.15, 0.2) is 24.3 Å². The minimum Gasteiger partial charge on any atom is -0.375 e. The monoisotopic (exact) mass is 487 g/mol. The van der Waals surface area contributed by atoms with Crippen molar-refractivity contribution < 1.29 is 19.2 Å². The van der Waals surface area contributed by atoms with Crippen LogP contribution in [-0.4, -0.2) is 77.0 Å². The Hall–Kier alpha value is -2.56. The molecule has 0 spiro atoms. The predicted octanol–water partition coefficient (Wildman–Crippen LogP) is 1.95. The number of rotatable bonds is 9. The second kappa shape index (κ2) is 11.5. The molecular formula is C25H37N5O5. The van der Waals surface area contributed by atoms with Crippen LogP contribution in [0, 0.1) is 10.1 Å². The summed E-state index contributed by atoms with van der Waals surface area (Å²) in [5.41, 5.74) is 7.11. The lowest BCUT2D eigenvalue weighted by Crippen LogP contribution is -2.59. The van der Waals surface area contributed by atoms with Crippen LogP contribution >= 0.6 is 0 Å². The molecule has 10 heteroatoms. The molecule has 0 radical (unpaired) electrons. The predicted molar refractivity (Wildman–Crippen MR) is 130 cm³/mol. The van der Waals surface area contributed by atoms with Crippen LogP contribution < -0.4 is 11.1 Å². The van der Waals surface area contributed by atoms with Gasteiger partial charge in [0.1, 0.15) is 12.6 Å². The zero-order valence-corrected chi connectivity index (χ0v) is 20.4. The first-order valence-corrected chi connectivity index (χ1v) is 12.7. The molecule has 1 aromatic carbocycles. The zero-order valence-electron chi connectivity index (χ0n) is 20.4. The summed E-state index contributed by atoms with van der Waals surface area (Å²) in [5, 5.41) is 14.2. The molecule has 2 atom stereocenters. The van der Waals surface area contributed by atoms with E-state index < -0.39 is 11.0 Å². The summed E-state index contributed by atoms with van der Waals surface area (Å²) in [6, 6.07) is 7.06. The van der Waals surface area contributed by atoms with Gasteiger partial charge in [-0.3, -0.25) is 24.6 Å². The normalized spacial score (nSPS) is 27.0. The fourth-order valence-corrected chi connectivity index (χ4v) is 5.46. The summed E-state index contributed by atoms with van der Waals surface area (Å²) in [7, 11) is 1.49. The van der Waals surface area contributed by atoms with E-state index in [4.69, 9.17) is 10.5 Å². The average Bonchev–Trinajstić information content (AvgIpc) is 3.69. The van der Waals surface area contributed by atoms with Crippen molar-refractivity contribution >= 4 is 17.5 Å². The molecule has 2 amide bonds. The summed E-state index contributed by atoms with van der Waals surface area (Å²) in [4.78, 5) is 40.9. The van der Waals surface area contributed by atoms with Crippen molar-refractivity contribution in [2.75, 3.05) is 20.3 Å². The third kappa shape index (κ3) is 6.56. The van der Waals surface area contributed by atoms with Crippen molar-refractivity contribution in [3.05, 3.63) is 39.9 Å². The van der Waals surface area contributed by atoms with Crippen LogP contribution in [0.2, 0.25) is 0 Å². The number of amides is 2.